The minimum absolute atomic E-state index is 0.158. The summed E-state index contributed by atoms with van der Waals surface area (Å²) >= 11 is 7.33. The molecule has 1 saturated heterocycles. The number of hydrogen-bond acceptors (Lipinski definition) is 4. The molecule has 0 unspecified atom stereocenters. The van der Waals surface area contributed by atoms with Crippen LogP contribution in [0.4, 0.5) is 17.1 Å². The number of amides is 3. The Morgan fingerprint density at radius 1 is 1.03 bits per heavy atom. The smallest absolute Gasteiger partial charge is 0.269 e. The van der Waals surface area contributed by atoms with Gasteiger partial charge in [-0.2, -0.15) is 0 Å². The summed E-state index contributed by atoms with van der Waals surface area (Å²) in [6, 6.07) is 19.9. The summed E-state index contributed by atoms with van der Waals surface area (Å²) in [6.07, 6.45) is 0. The molecule has 3 aromatic rings. The Kier molecular flexibility index (Phi) is 5.62. The molecule has 1 N–H and O–H groups in total. The number of aryl methyl sites for hydroxylation is 2. The number of para-hydroxylation sites is 1. The van der Waals surface area contributed by atoms with Gasteiger partial charge in [-0.05, 0) is 67.4 Å². The molecule has 0 bridgehead atoms. The molecule has 5 rings (SSSR count). The van der Waals surface area contributed by atoms with E-state index in [1.807, 2.05) is 56.3 Å². The van der Waals surface area contributed by atoms with E-state index in [9.17, 15) is 14.4 Å². The van der Waals surface area contributed by atoms with Crippen molar-refractivity contribution >= 4 is 58.1 Å². The number of nitrogens with one attached hydrogen (secondary N) is 1. The van der Waals surface area contributed by atoms with Crippen LogP contribution in [-0.2, 0) is 19.3 Å². The largest absolute Gasteiger partial charge is 0.325 e. The van der Waals surface area contributed by atoms with Crippen molar-refractivity contribution in [3.8, 4) is 0 Å². The molecule has 34 heavy (non-hydrogen) atoms. The first-order valence-corrected chi connectivity index (χ1v) is 12.2. The summed E-state index contributed by atoms with van der Waals surface area (Å²) < 4.78 is 0. The SMILES string of the molecule is Cc1ccc(NC(=O)CN2C(=O)[C@]3(SCC(=O)N3c3ccc(Cl)cc3)c3ccccc32)cc1C. The summed E-state index contributed by atoms with van der Waals surface area (Å²) in [7, 11) is 0. The normalized spacial score (nSPS) is 19.1. The molecule has 2 aliphatic heterocycles. The molecule has 3 aromatic carbocycles. The van der Waals surface area contributed by atoms with Gasteiger partial charge < -0.3 is 5.32 Å². The van der Waals surface area contributed by atoms with Crippen molar-refractivity contribution in [2.75, 3.05) is 27.4 Å². The van der Waals surface area contributed by atoms with Crippen LogP contribution in [-0.4, -0.2) is 30.0 Å². The highest BCUT2D eigenvalue weighted by Crippen LogP contribution is 2.55. The van der Waals surface area contributed by atoms with E-state index in [1.54, 1.807) is 24.3 Å². The molecule has 3 amide bonds. The van der Waals surface area contributed by atoms with Crippen molar-refractivity contribution in [1.29, 1.82) is 0 Å². The molecular formula is C26H22ClN3O3S. The Labute approximate surface area is 206 Å². The van der Waals surface area contributed by atoms with Gasteiger partial charge in [0.15, 0.2) is 0 Å². The third-order valence-corrected chi connectivity index (χ3v) is 7.88. The quantitative estimate of drug-likeness (QED) is 0.565. The molecule has 0 aliphatic carbocycles. The minimum Gasteiger partial charge on any atom is -0.325 e. The van der Waals surface area contributed by atoms with Crippen LogP contribution < -0.4 is 15.1 Å². The maximum Gasteiger partial charge on any atom is 0.269 e. The van der Waals surface area contributed by atoms with Crippen LogP contribution in [0.2, 0.25) is 5.02 Å². The Bertz CT molecular complexity index is 1330. The molecule has 0 saturated carbocycles. The first-order chi connectivity index (χ1) is 16.3. The molecule has 0 radical (unpaired) electrons. The van der Waals surface area contributed by atoms with Crippen molar-refractivity contribution in [1.82, 2.24) is 0 Å². The van der Waals surface area contributed by atoms with Gasteiger partial charge in [0.25, 0.3) is 5.91 Å². The first-order valence-electron chi connectivity index (χ1n) is 10.8. The van der Waals surface area contributed by atoms with Gasteiger partial charge >= 0.3 is 0 Å². The van der Waals surface area contributed by atoms with E-state index >= 15 is 0 Å². The monoisotopic (exact) mass is 491 g/mol. The van der Waals surface area contributed by atoms with E-state index in [0.717, 1.165) is 11.1 Å². The highest BCUT2D eigenvalue weighted by atomic mass is 35.5. The Morgan fingerprint density at radius 3 is 2.50 bits per heavy atom. The Morgan fingerprint density at radius 2 is 1.76 bits per heavy atom. The third-order valence-electron chi connectivity index (χ3n) is 6.24. The van der Waals surface area contributed by atoms with Gasteiger partial charge in [0.05, 0.1) is 11.4 Å². The van der Waals surface area contributed by atoms with Crippen molar-refractivity contribution < 1.29 is 14.4 Å². The number of hydrogen-bond donors (Lipinski definition) is 1. The number of benzene rings is 3. The maximum absolute atomic E-state index is 14.0. The number of carbonyl (C=O) groups is 3. The standard InChI is InChI=1S/C26H22ClN3O3S/c1-16-7-10-19(13-17(16)2)28-23(31)14-29-22-6-4-3-5-21(22)26(25(29)33)30(24(32)15-34-26)20-11-8-18(27)9-12-20/h3-13H,14-15H2,1-2H3,(H,28,31)/t26-/m1/s1. The fourth-order valence-electron chi connectivity index (χ4n) is 4.47. The zero-order valence-electron chi connectivity index (χ0n) is 18.7. The van der Waals surface area contributed by atoms with Gasteiger partial charge in [0.2, 0.25) is 16.7 Å². The van der Waals surface area contributed by atoms with Crippen LogP contribution >= 0.6 is 23.4 Å². The third kappa shape index (κ3) is 3.56. The summed E-state index contributed by atoms with van der Waals surface area (Å²) in [5.41, 5.74) is 4.79. The molecule has 1 spiro atoms. The number of anilines is 3. The second-order valence-electron chi connectivity index (χ2n) is 8.39. The minimum atomic E-state index is -1.26. The molecule has 2 aliphatic rings. The fourth-order valence-corrected chi connectivity index (χ4v) is 5.95. The molecule has 2 heterocycles. The molecular weight excluding hydrogens is 470 g/mol. The van der Waals surface area contributed by atoms with E-state index < -0.39 is 4.87 Å². The summed E-state index contributed by atoms with van der Waals surface area (Å²) in [5, 5.41) is 3.43. The Balaban J connectivity index is 1.50. The number of rotatable bonds is 4. The average Bonchev–Trinajstić information content (AvgIpc) is 3.28. The lowest BCUT2D eigenvalue weighted by Crippen LogP contribution is -2.50. The summed E-state index contributed by atoms with van der Waals surface area (Å²) in [4.78, 5) is 41.7. The molecule has 8 heteroatoms. The van der Waals surface area contributed by atoms with Crippen LogP contribution in [0.3, 0.4) is 0 Å². The van der Waals surface area contributed by atoms with Gasteiger partial charge in [-0.25, -0.2) is 0 Å². The van der Waals surface area contributed by atoms with E-state index in [4.69, 9.17) is 11.6 Å². The van der Waals surface area contributed by atoms with Gasteiger partial charge in [-0.3, -0.25) is 24.2 Å². The predicted molar refractivity (Wildman–Crippen MR) is 136 cm³/mol. The van der Waals surface area contributed by atoms with E-state index in [0.29, 0.717) is 27.6 Å². The van der Waals surface area contributed by atoms with Crippen molar-refractivity contribution in [2.24, 2.45) is 0 Å². The lowest BCUT2D eigenvalue weighted by molar-refractivity contribution is -0.124. The van der Waals surface area contributed by atoms with Crippen LogP contribution in [0, 0.1) is 13.8 Å². The van der Waals surface area contributed by atoms with Crippen molar-refractivity contribution in [3.05, 3.63) is 88.4 Å². The number of carbonyl (C=O) groups excluding carboxylic acids is 3. The second-order valence-corrected chi connectivity index (χ2v) is 10.00. The molecule has 172 valence electrons. The number of thioether (sulfide) groups is 1. The van der Waals surface area contributed by atoms with Gasteiger partial charge in [0.1, 0.15) is 6.54 Å². The highest BCUT2D eigenvalue weighted by molar-refractivity contribution is 8.02. The summed E-state index contributed by atoms with van der Waals surface area (Å²) in [6.45, 7) is 3.83. The van der Waals surface area contributed by atoms with E-state index in [1.165, 1.54) is 21.6 Å². The van der Waals surface area contributed by atoms with Gasteiger partial charge in [-0.1, -0.05) is 35.9 Å². The van der Waals surface area contributed by atoms with E-state index in [2.05, 4.69) is 5.32 Å². The van der Waals surface area contributed by atoms with Crippen molar-refractivity contribution in [2.45, 2.75) is 18.7 Å². The predicted octanol–water partition coefficient (Wildman–Crippen LogP) is 4.87. The fraction of sp³-hybridized carbons (Fsp3) is 0.192. The lowest BCUT2D eigenvalue weighted by atomic mass is 10.0. The van der Waals surface area contributed by atoms with Gasteiger partial charge in [0, 0.05) is 22.0 Å². The zero-order valence-corrected chi connectivity index (χ0v) is 20.2. The van der Waals surface area contributed by atoms with Crippen LogP contribution in [0.1, 0.15) is 16.7 Å². The second kappa shape index (κ2) is 8.49. The maximum atomic E-state index is 14.0. The molecule has 1 atom stereocenters. The van der Waals surface area contributed by atoms with Crippen LogP contribution in [0.25, 0.3) is 0 Å². The number of fused-ring (bicyclic) bond motifs is 2. The molecule has 0 aromatic heterocycles. The topological polar surface area (TPSA) is 69.7 Å². The number of nitrogens with zero attached hydrogens (tertiary/aromatic N) is 2. The molecule has 6 nitrogen and oxygen atoms in total. The van der Waals surface area contributed by atoms with E-state index in [-0.39, 0.29) is 30.0 Å². The van der Waals surface area contributed by atoms with Crippen LogP contribution in [0.5, 0.6) is 0 Å². The number of halogens is 1. The summed E-state index contributed by atoms with van der Waals surface area (Å²) in [5.74, 6) is -0.631. The first kappa shape index (κ1) is 22.5. The zero-order chi connectivity index (χ0) is 24.0. The molecule has 1 fully saturated rings. The van der Waals surface area contributed by atoms with Crippen LogP contribution in [0.15, 0.2) is 66.7 Å². The Hall–Kier alpha value is -3.29. The average molecular weight is 492 g/mol. The highest BCUT2D eigenvalue weighted by Gasteiger charge is 2.61. The lowest BCUT2D eigenvalue weighted by Gasteiger charge is -2.33. The van der Waals surface area contributed by atoms with Gasteiger partial charge in [-0.15, -0.1) is 11.8 Å². The van der Waals surface area contributed by atoms with Crippen molar-refractivity contribution in [3.63, 3.8) is 0 Å².